The van der Waals surface area contributed by atoms with Gasteiger partial charge in [0.1, 0.15) is 0 Å². The molecule has 0 aliphatic carbocycles. The highest BCUT2D eigenvalue weighted by Gasteiger charge is 2.17. The van der Waals surface area contributed by atoms with Gasteiger partial charge in [0.25, 0.3) is 5.91 Å². The van der Waals surface area contributed by atoms with Gasteiger partial charge in [-0.25, -0.2) is 8.78 Å². The second-order valence-corrected chi connectivity index (χ2v) is 4.31. The quantitative estimate of drug-likeness (QED) is 0.812. The van der Waals surface area contributed by atoms with Crippen LogP contribution in [0.2, 0.25) is 0 Å². The van der Waals surface area contributed by atoms with Crippen molar-refractivity contribution in [1.82, 2.24) is 4.90 Å². The summed E-state index contributed by atoms with van der Waals surface area (Å²) in [5.41, 5.74) is -0.219. The van der Waals surface area contributed by atoms with E-state index < -0.39 is 17.5 Å². The van der Waals surface area contributed by atoms with E-state index in [9.17, 15) is 13.6 Å². The summed E-state index contributed by atoms with van der Waals surface area (Å²) < 4.78 is 26.2. The highest BCUT2D eigenvalue weighted by molar-refractivity contribution is 7.98. The molecule has 0 heterocycles. The Morgan fingerprint density at radius 3 is 2.75 bits per heavy atom. The fourth-order valence-corrected chi connectivity index (χ4v) is 1.66. The van der Waals surface area contributed by atoms with E-state index in [0.717, 1.165) is 11.8 Å². The van der Waals surface area contributed by atoms with Gasteiger partial charge in [-0.05, 0) is 18.4 Å². The van der Waals surface area contributed by atoms with Gasteiger partial charge in [-0.15, -0.1) is 0 Å². The van der Waals surface area contributed by atoms with E-state index in [0.29, 0.717) is 6.54 Å². The lowest BCUT2D eigenvalue weighted by Gasteiger charge is -2.16. The lowest BCUT2D eigenvalue weighted by Crippen LogP contribution is -2.29. The van der Waals surface area contributed by atoms with Gasteiger partial charge in [0.15, 0.2) is 11.6 Å². The Kier molecular flexibility index (Phi) is 4.73. The third-order valence-corrected chi connectivity index (χ3v) is 2.75. The molecule has 0 spiro atoms. The normalized spacial score (nSPS) is 10.2. The molecule has 0 radical (unpaired) electrons. The summed E-state index contributed by atoms with van der Waals surface area (Å²) in [5.74, 6) is -1.81. The van der Waals surface area contributed by atoms with E-state index in [1.165, 1.54) is 17.0 Å². The van der Waals surface area contributed by atoms with Gasteiger partial charge in [-0.1, -0.05) is 6.07 Å². The Bertz CT molecular complexity index is 384. The third kappa shape index (κ3) is 2.95. The van der Waals surface area contributed by atoms with Crippen molar-refractivity contribution in [3.8, 4) is 0 Å². The molecule has 2 nitrogen and oxygen atoms in total. The van der Waals surface area contributed by atoms with E-state index in [4.69, 9.17) is 0 Å². The zero-order valence-electron chi connectivity index (χ0n) is 9.17. The van der Waals surface area contributed by atoms with Crippen LogP contribution in [0.4, 0.5) is 8.78 Å². The summed E-state index contributed by atoms with van der Waals surface area (Å²) in [6.45, 7) is 0.510. The van der Waals surface area contributed by atoms with Crippen molar-refractivity contribution in [2.45, 2.75) is 0 Å². The van der Waals surface area contributed by atoms with E-state index in [1.807, 2.05) is 6.26 Å². The highest BCUT2D eigenvalue weighted by atomic mass is 32.2. The Hall–Kier alpha value is -1.10. The predicted molar refractivity (Wildman–Crippen MR) is 61.7 cm³/mol. The first-order valence-electron chi connectivity index (χ1n) is 4.76. The molecule has 88 valence electrons. The van der Waals surface area contributed by atoms with Crippen LogP contribution in [-0.2, 0) is 0 Å². The van der Waals surface area contributed by atoms with Crippen LogP contribution in [0.25, 0.3) is 0 Å². The number of carbonyl (C=O) groups is 1. The van der Waals surface area contributed by atoms with E-state index in [-0.39, 0.29) is 5.56 Å². The molecule has 5 heteroatoms. The Balaban J connectivity index is 2.84. The molecule has 1 amide bonds. The standard InChI is InChI=1S/C11H13F2NOS/c1-14(6-7-16-2)11(15)8-4-3-5-9(12)10(8)13/h3-5H,6-7H2,1-2H3. The molecule has 0 saturated heterocycles. The molecule has 0 saturated carbocycles. The van der Waals surface area contributed by atoms with Crippen molar-refractivity contribution >= 4 is 17.7 Å². The molecule has 1 aromatic carbocycles. The van der Waals surface area contributed by atoms with Crippen molar-refractivity contribution in [2.75, 3.05) is 25.6 Å². The van der Waals surface area contributed by atoms with Gasteiger partial charge in [0.2, 0.25) is 0 Å². The predicted octanol–water partition coefficient (Wildman–Crippen LogP) is 2.40. The minimum atomic E-state index is -1.08. The molecule has 0 aliphatic rings. The Labute approximate surface area is 97.6 Å². The summed E-state index contributed by atoms with van der Waals surface area (Å²) in [4.78, 5) is 13.1. The average Bonchev–Trinajstić information content (AvgIpc) is 2.28. The maximum absolute atomic E-state index is 13.3. The first-order chi connectivity index (χ1) is 7.57. The SMILES string of the molecule is CSCCN(C)C(=O)c1cccc(F)c1F. The molecule has 0 N–H and O–H groups in total. The molecule has 1 aromatic rings. The lowest BCUT2D eigenvalue weighted by molar-refractivity contribution is 0.0798. The molecule has 0 unspecified atom stereocenters. The van der Waals surface area contributed by atoms with Gasteiger partial charge in [-0.3, -0.25) is 4.79 Å². The Morgan fingerprint density at radius 1 is 1.44 bits per heavy atom. The molecule has 16 heavy (non-hydrogen) atoms. The van der Waals surface area contributed by atoms with E-state index in [1.54, 1.807) is 18.8 Å². The molecule has 0 atom stereocenters. The molecular formula is C11H13F2NOS. The molecule has 0 bridgehead atoms. The third-order valence-electron chi connectivity index (χ3n) is 2.16. The molecule has 0 aromatic heterocycles. The molecular weight excluding hydrogens is 232 g/mol. The van der Waals surface area contributed by atoms with Gasteiger partial charge < -0.3 is 4.90 Å². The summed E-state index contributed by atoms with van der Waals surface area (Å²) in [6, 6.07) is 3.61. The van der Waals surface area contributed by atoms with Gasteiger partial charge in [-0.2, -0.15) is 11.8 Å². The van der Waals surface area contributed by atoms with Crippen molar-refractivity contribution in [2.24, 2.45) is 0 Å². The van der Waals surface area contributed by atoms with Crippen LogP contribution in [0, 0.1) is 11.6 Å². The van der Waals surface area contributed by atoms with Crippen LogP contribution < -0.4 is 0 Å². The summed E-state index contributed by atoms with van der Waals surface area (Å²) >= 11 is 1.59. The topological polar surface area (TPSA) is 20.3 Å². The first kappa shape index (κ1) is 13.0. The maximum atomic E-state index is 13.3. The number of halogens is 2. The van der Waals surface area contributed by atoms with Crippen LogP contribution in [0.3, 0.4) is 0 Å². The number of benzene rings is 1. The van der Waals surface area contributed by atoms with Gasteiger partial charge in [0.05, 0.1) is 5.56 Å². The molecule has 1 rings (SSSR count). The first-order valence-corrected chi connectivity index (χ1v) is 6.15. The number of nitrogens with zero attached hydrogens (tertiary/aromatic N) is 1. The number of carbonyl (C=O) groups excluding carboxylic acids is 1. The van der Waals surface area contributed by atoms with E-state index in [2.05, 4.69) is 0 Å². The zero-order valence-corrected chi connectivity index (χ0v) is 9.98. The van der Waals surface area contributed by atoms with Crippen LogP contribution in [0.1, 0.15) is 10.4 Å². The monoisotopic (exact) mass is 245 g/mol. The van der Waals surface area contributed by atoms with Crippen LogP contribution in [0.15, 0.2) is 18.2 Å². The van der Waals surface area contributed by atoms with Crippen molar-refractivity contribution < 1.29 is 13.6 Å². The highest BCUT2D eigenvalue weighted by Crippen LogP contribution is 2.13. The van der Waals surface area contributed by atoms with Crippen molar-refractivity contribution in [1.29, 1.82) is 0 Å². The van der Waals surface area contributed by atoms with Gasteiger partial charge in [0, 0.05) is 19.3 Å². The summed E-state index contributed by atoms with van der Waals surface area (Å²) in [5, 5.41) is 0. The fourth-order valence-electron chi connectivity index (χ4n) is 1.20. The van der Waals surface area contributed by atoms with Gasteiger partial charge >= 0.3 is 0 Å². The second-order valence-electron chi connectivity index (χ2n) is 3.32. The maximum Gasteiger partial charge on any atom is 0.256 e. The molecule has 0 aliphatic heterocycles. The van der Waals surface area contributed by atoms with E-state index >= 15 is 0 Å². The molecule has 0 fully saturated rings. The number of rotatable bonds is 4. The Morgan fingerprint density at radius 2 is 2.12 bits per heavy atom. The van der Waals surface area contributed by atoms with Crippen molar-refractivity contribution in [3.63, 3.8) is 0 Å². The average molecular weight is 245 g/mol. The minimum absolute atomic E-state index is 0.219. The number of thioether (sulfide) groups is 1. The lowest BCUT2D eigenvalue weighted by atomic mass is 10.2. The number of hydrogen-bond acceptors (Lipinski definition) is 2. The van der Waals surface area contributed by atoms with Crippen molar-refractivity contribution in [3.05, 3.63) is 35.4 Å². The summed E-state index contributed by atoms with van der Waals surface area (Å²) in [6.07, 6.45) is 1.92. The van der Waals surface area contributed by atoms with Crippen LogP contribution in [0.5, 0.6) is 0 Å². The largest absolute Gasteiger partial charge is 0.341 e. The number of amides is 1. The number of hydrogen-bond donors (Lipinski definition) is 0. The van der Waals surface area contributed by atoms with Crippen LogP contribution in [-0.4, -0.2) is 36.4 Å². The fraction of sp³-hybridized carbons (Fsp3) is 0.364. The summed E-state index contributed by atoms with van der Waals surface area (Å²) in [7, 11) is 1.57. The minimum Gasteiger partial charge on any atom is -0.341 e. The second kappa shape index (κ2) is 5.84. The van der Waals surface area contributed by atoms with Crippen LogP contribution >= 0.6 is 11.8 Å². The zero-order chi connectivity index (χ0) is 12.1. The smallest absolute Gasteiger partial charge is 0.256 e.